The van der Waals surface area contributed by atoms with Crippen molar-refractivity contribution >= 4 is 11.6 Å². The average molecular weight is 355 g/mol. The summed E-state index contributed by atoms with van der Waals surface area (Å²) >= 11 is 0. The second kappa shape index (κ2) is 9.25. The Labute approximate surface area is 154 Å². The molecular weight excluding hydrogens is 330 g/mol. The van der Waals surface area contributed by atoms with Crippen molar-refractivity contribution in [1.82, 2.24) is 0 Å². The number of ether oxygens (including phenoxy) is 3. The fourth-order valence-electron chi connectivity index (χ4n) is 2.90. The summed E-state index contributed by atoms with van der Waals surface area (Å²) < 4.78 is 16.5. The van der Waals surface area contributed by atoms with E-state index in [0.29, 0.717) is 19.4 Å². The van der Waals surface area contributed by atoms with Gasteiger partial charge in [-0.05, 0) is 49.1 Å². The fraction of sp³-hybridized carbons (Fsp3) is 0.381. The lowest BCUT2D eigenvalue weighted by atomic mass is 10.1. The van der Waals surface area contributed by atoms with Gasteiger partial charge in [-0.3, -0.25) is 4.79 Å². The smallest absolute Gasteiger partial charge is 0.224 e. The molecule has 0 aromatic heterocycles. The summed E-state index contributed by atoms with van der Waals surface area (Å²) in [6.07, 6.45) is 3.43. The van der Waals surface area contributed by atoms with E-state index in [1.807, 2.05) is 48.5 Å². The minimum absolute atomic E-state index is 0.0166. The minimum atomic E-state index is -0.0166. The Kier molecular flexibility index (Phi) is 6.50. The molecule has 0 spiro atoms. The van der Waals surface area contributed by atoms with Gasteiger partial charge in [-0.25, -0.2) is 0 Å². The number of nitrogens with one attached hydrogen (secondary N) is 1. The van der Waals surface area contributed by atoms with Gasteiger partial charge >= 0.3 is 0 Å². The Morgan fingerprint density at radius 2 is 2.04 bits per heavy atom. The average Bonchev–Trinajstić information content (AvgIpc) is 3.19. The molecular formula is C21H25NO4. The highest BCUT2D eigenvalue weighted by Gasteiger charge is 2.16. The van der Waals surface area contributed by atoms with Gasteiger partial charge in [0.15, 0.2) is 0 Å². The largest absolute Gasteiger partial charge is 0.497 e. The predicted molar refractivity (Wildman–Crippen MR) is 101 cm³/mol. The van der Waals surface area contributed by atoms with E-state index in [0.717, 1.165) is 42.2 Å². The maximum absolute atomic E-state index is 12.2. The summed E-state index contributed by atoms with van der Waals surface area (Å²) in [7, 11) is 1.64. The van der Waals surface area contributed by atoms with E-state index in [1.54, 1.807) is 7.11 Å². The molecule has 1 aliphatic heterocycles. The number of rotatable bonds is 8. The summed E-state index contributed by atoms with van der Waals surface area (Å²) in [5.74, 6) is 1.54. The zero-order valence-electron chi connectivity index (χ0n) is 15.1. The molecule has 2 aromatic rings. The highest BCUT2D eigenvalue weighted by molar-refractivity contribution is 5.91. The van der Waals surface area contributed by atoms with Crippen molar-refractivity contribution in [2.24, 2.45) is 0 Å². The first kappa shape index (κ1) is 18.3. The number of carbonyl (C=O) groups is 1. The molecule has 0 aliphatic carbocycles. The quantitative estimate of drug-likeness (QED) is 0.782. The number of benzene rings is 2. The van der Waals surface area contributed by atoms with Crippen molar-refractivity contribution < 1.29 is 19.0 Å². The standard InChI is InChI=1S/C21H25NO4/c1-24-18-10-7-16(8-11-18)9-12-21(23)22-17-4-2-5-19(14-17)26-15-20-6-3-13-25-20/h2,4-5,7-8,10-11,14,20H,3,6,9,12-13,15H2,1H3,(H,22,23). The van der Waals surface area contributed by atoms with Crippen molar-refractivity contribution in [3.63, 3.8) is 0 Å². The molecule has 5 nitrogen and oxygen atoms in total. The first-order valence-electron chi connectivity index (χ1n) is 9.00. The molecule has 1 unspecified atom stereocenters. The second-order valence-corrected chi connectivity index (χ2v) is 6.37. The molecule has 1 atom stereocenters. The number of carbonyl (C=O) groups excluding carboxylic acids is 1. The van der Waals surface area contributed by atoms with Crippen molar-refractivity contribution in [3.05, 3.63) is 54.1 Å². The van der Waals surface area contributed by atoms with Crippen molar-refractivity contribution in [1.29, 1.82) is 0 Å². The number of amides is 1. The Balaban J connectivity index is 1.46. The van der Waals surface area contributed by atoms with Crippen LogP contribution >= 0.6 is 0 Å². The van der Waals surface area contributed by atoms with E-state index >= 15 is 0 Å². The van der Waals surface area contributed by atoms with E-state index in [2.05, 4.69) is 5.32 Å². The highest BCUT2D eigenvalue weighted by Crippen LogP contribution is 2.20. The molecule has 26 heavy (non-hydrogen) atoms. The normalized spacial score (nSPS) is 16.3. The van der Waals surface area contributed by atoms with Crippen LogP contribution in [0.1, 0.15) is 24.8 Å². The lowest BCUT2D eigenvalue weighted by molar-refractivity contribution is -0.116. The van der Waals surface area contributed by atoms with Crippen LogP contribution in [0.25, 0.3) is 0 Å². The molecule has 1 amide bonds. The van der Waals surface area contributed by atoms with Crippen LogP contribution in [0.4, 0.5) is 5.69 Å². The number of hydrogen-bond donors (Lipinski definition) is 1. The molecule has 5 heteroatoms. The van der Waals surface area contributed by atoms with E-state index in [-0.39, 0.29) is 12.0 Å². The zero-order chi connectivity index (χ0) is 18.2. The molecule has 1 heterocycles. The van der Waals surface area contributed by atoms with Gasteiger partial charge in [-0.1, -0.05) is 18.2 Å². The molecule has 0 saturated carbocycles. The van der Waals surface area contributed by atoms with Crippen LogP contribution in [-0.4, -0.2) is 32.3 Å². The summed E-state index contributed by atoms with van der Waals surface area (Å²) in [6.45, 7) is 1.37. The van der Waals surface area contributed by atoms with E-state index < -0.39 is 0 Å². The number of aryl methyl sites for hydroxylation is 1. The minimum Gasteiger partial charge on any atom is -0.497 e. The van der Waals surface area contributed by atoms with E-state index in [4.69, 9.17) is 14.2 Å². The highest BCUT2D eigenvalue weighted by atomic mass is 16.5. The van der Waals surface area contributed by atoms with Crippen LogP contribution in [0.2, 0.25) is 0 Å². The third-order valence-electron chi connectivity index (χ3n) is 4.38. The molecule has 1 aliphatic rings. The van der Waals surface area contributed by atoms with Gasteiger partial charge in [-0.15, -0.1) is 0 Å². The van der Waals surface area contributed by atoms with Gasteiger partial charge in [0.1, 0.15) is 18.1 Å². The van der Waals surface area contributed by atoms with Crippen LogP contribution in [0.3, 0.4) is 0 Å². The maximum atomic E-state index is 12.2. The molecule has 3 rings (SSSR count). The van der Waals surface area contributed by atoms with Gasteiger partial charge in [0.2, 0.25) is 5.91 Å². The van der Waals surface area contributed by atoms with Crippen LogP contribution in [0.5, 0.6) is 11.5 Å². The number of methoxy groups -OCH3 is 1. The van der Waals surface area contributed by atoms with Crippen molar-refractivity contribution in [2.75, 3.05) is 25.6 Å². The molecule has 1 N–H and O–H groups in total. The number of hydrogen-bond acceptors (Lipinski definition) is 4. The van der Waals surface area contributed by atoms with Gasteiger partial charge in [0.05, 0.1) is 13.2 Å². The topological polar surface area (TPSA) is 56.8 Å². The fourth-order valence-corrected chi connectivity index (χ4v) is 2.90. The SMILES string of the molecule is COc1ccc(CCC(=O)Nc2cccc(OCC3CCCO3)c2)cc1. The summed E-state index contributed by atoms with van der Waals surface area (Å²) in [5.41, 5.74) is 1.85. The van der Waals surface area contributed by atoms with Gasteiger partial charge < -0.3 is 19.5 Å². The van der Waals surface area contributed by atoms with E-state index in [9.17, 15) is 4.79 Å². The van der Waals surface area contributed by atoms with Gasteiger partial charge in [0.25, 0.3) is 0 Å². The predicted octanol–water partition coefficient (Wildman–Crippen LogP) is 3.82. The number of anilines is 1. The van der Waals surface area contributed by atoms with Crippen LogP contribution in [-0.2, 0) is 16.0 Å². The molecule has 1 fully saturated rings. The van der Waals surface area contributed by atoms with Crippen LogP contribution < -0.4 is 14.8 Å². The van der Waals surface area contributed by atoms with E-state index in [1.165, 1.54) is 0 Å². The summed E-state index contributed by atoms with van der Waals surface area (Å²) in [4.78, 5) is 12.2. The zero-order valence-corrected chi connectivity index (χ0v) is 15.1. The first-order chi connectivity index (χ1) is 12.7. The van der Waals surface area contributed by atoms with Crippen LogP contribution in [0, 0.1) is 0 Å². The van der Waals surface area contributed by atoms with Crippen molar-refractivity contribution in [2.45, 2.75) is 31.8 Å². The monoisotopic (exact) mass is 355 g/mol. The Hall–Kier alpha value is -2.53. The Morgan fingerprint density at radius 1 is 1.19 bits per heavy atom. The lowest BCUT2D eigenvalue weighted by Gasteiger charge is -2.12. The first-order valence-corrected chi connectivity index (χ1v) is 9.00. The molecule has 0 bridgehead atoms. The van der Waals surface area contributed by atoms with Gasteiger partial charge in [0, 0.05) is 24.8 Å². The molecule has 2 aromatic carbocycles. The van der Waals surface area contributed by atoms with Crippen molar-refractivity contribution in [3.8, 4) is 11.5 Å². The summed E-state index contributed by atoms with van der Waals surface area (Å²) in [5, 5.41) is 2.93. The second-order valence-electron chi connectivity index (χ2n) is 6.37. The third kappa shape index (κ3) is 5.49. The Bertz CT molecular complexity index is 708. The maximum Gasteiger partial charge on any atom is 0.224 e. The lowest BCUT2D eigenvalue weighted by Crippen LogP contribution is -2.16. The molecule has 1 saturated heterocycles. The Morgan fingerprint density at radius 3 is 2.77 bits per heavy atom. The molecule has 0 radical (unpaired) electrons. The van der Waals surface area contributed by atoms with Crippen LogP contribution in [0.15, 0.2) is 48.5 Å². The van der Waals surface area contributed by atoms with Gasteiger partial charge in [-0.2, -0.15) is 0 Å². The summed E-state index contributed by atoms with van der Waals surface area (Å²) in [6, 6.07) is 15.2. The molecule has 138 valence electrons. The third-order valence-corrected chi connectivity index (χ3v) is 4.38.